The number of carboxylic acid groups (broad SMARTS) is 1. The van der Waals surface area contributed by atoms with Gasteiger partial charge in [-0.25, -0.2) is 4.98 Å². The van der Waals surface area contributed by atoms with Crippen LogP contribution in [-0.2, 0) is 33.4 Å². The highest BCUT2D eigenvalue weighted by molar-refractivity contribution is 7.53. The zero-order valence-corrected chi connectivity index (χ0v) is 23.8. The number of carbonyl (C=O) groups is 1. The van der Waals surface area contributed by atoms with Crippen LogP contribution in [0.1, 0.15) is 35.1 Å². The summed E-state index contributed by atoms with van der Waals surface area (Å²) in [5.74, 6) is -0.0414. The van der Waals surface area contributed by atoms with Crippen molar-refractivity contribution >= 4 is 41.2 Å². The van der Waals surface area contributed by atoms with Gasteiger partial charge in [-0.05, 0) is 66.6 Å². The van der Waals surface area contributed by atoms with Gasteiger partial charge < -0.3 is 30.1 Å². The number of aryl methyl sites for hydroxylation is 4. The molecule has 224 valence electrons. The lowest BCUT2D eigenvalue weighted by atomic mass is 9.92. The first-order chi connectivity index (χ1) is 19.9. The number of nitrogens with two attached hydrogens (primary N) is 1. The summed E-state index contributed by atoms with van der Waals surface area (Å²) in [5, 5.41) is 11.1. The van der Waals surface area contributed by atoms with E-state index in [-0.39, 0.29) is 19.6 Å². The SMILES string of the molecule is Cc1cc(OCCOCCC(F)(F)P(=O)(O)O)ccc1CCc1cnc2c(N)nc3ccccc3c2c1CCC(=O)O. The Hall–Kier alpha value is -3.70. The molecule has 0 saturated carbocycles. The Balaban J connectivity index is 1.43. The quantitative estimate of drug-likeness (QED) is 0.0872. The van der Waals surface area contributed by atoms with Crippen molar-refractivity contribution in [3.8, 4) is 5.75 Å². The van der Waals surface area contributed by atoms with Crippen LogP contribution in [0, 0.1) is 6.92 Å². The van der Waals surface area contributed by atoms with E-state index in [1.165, 1.54) is 0 Å². The molecular formula is C29H32F2N3O7P. The minimum Gasteiger partial charge on any atom is -0.491 e. The first-order valence-corrected chi connectivity index (χ1v) is 14.9. The second-order valence-corrected chi connectivity index (χ2v) is 11.6. The van der Waals surface area contributed by atoms with Gasteiger partial charge in [0.15, 0.2) is 5.82 Å². The second-order valence-electron chi connectivity index (χ2n) is 9.90. The maximum Gasteiger partial charge on any atom is 0.394 e. The number of aromatic nitrogens is 2. The van der Waals surface area contributed by atoms with Gasteiger partial charge >= 0.3 is 19.2 Å². The average Bonchev–Trinajstić information content (AvgIpc) is 2.92. The van der Waals surface area contributed by atoms with E-state index in [2.05, 4.69) is 9.97 Å². The van der Waals surface area contributed by atoms with Gasteiger partial charge in [-0.2, -0.15) is 8.78 Å². The van der Waals surface area contributed by atoms with Gasteiger partial charge in [0, 0.05) is 29.8 Å². The topological polar surface area (TPSA) is 165 Å². The van der Waals surface area contributed by atoms with Crippen molar-refractivity contribution in [3.05, 3.63) is 70.9 Å². The van der Waals surface area contributed by atoms with Crippen LogP contribution in [0.4, 0.5) is 14.6 Å². The number of hydrogen-bond donors (Lipinski definition) is 4. The number of alkyl halides is 2. The summed E-state index contributed by atoms with van der Waals surface area (Å²) in [6, 6.07) is 13.1. The molecule has 0 bridgehead atoms. The normalized spacial score (nSPS) is 12.2. The molecule has 0 aliphatic carbocycles. The standard InChI is InChI=1S/C29H32F2N3O7P/c1-18-16-21(41-15-14-40-13-12-29(30,31)42(37,38)39)9-8-19(18)6-7-20-17-33-27-26(22(20)10-11-25(35)36)23-4-2-3-5-24(23)34-28(27)32/h2-5,8-9,16-17H,6-7,10-15H2,1H3,(H2,32,34)(H,35,36)(H2,37,38,39). The van der Waals surface area contributed by atoms with Crippen molar-refractivity contribution < 1.29 is 42.5 Å². The zero-order chi connectivity index (χ0) is 30.5. The lowest BCUT2D eigenvalue weighted by Gasteiger charge is -2.17. The number of para-hydroxylation sites is 1. The smallest absolute Gasteiger partial charge is 0.394 e. The van der Waals surface area contributed by atoms with Crippen LogP contribution < -0.4 is 10.5 Å². The summed E-state index contributed by atoms with van der Waals surface area (Å²) >= 11 is 0. The third-order valence-corrected chi connectivity index (χ3v) is 8.04. The first kappa shape index (κ1) is 31.2. The maximum atomic E-state index is 13.3. The molecule has 42 heavy (non-hydrogen) atoms. The molecule has 5 N–H and O–H groups in total. The summed E-state index contributed by atoms with van der Waals surface area (Å²) in [6.45, 7) is 1.46. The summed E-state index contributed by atoms with van der Waals surface area (Å²) in [4.78, 5) is 37.8. The molecule has 13 heteroatoms. The van der Waals surface area contributed by atoms with Gasteiger partial charge in [-0.15, -0.1) is 0 Å². The molecule has 10 nitrogen and oxygen atoms in total. The molecule has 4 aromatic rings. The monoisotopic (exact) mass is 603 g/mol. The summed E-state index contributed by atoms with van der Waals surface area (Å²) < 4.78 is 48.0. The second kappa shape index (κ2) is 13.1. The molecule has 2 aromatic carbocycles. The van der Waals surface area contributed by atoms with Gasteiger partial charge in [0.25, 0.3) is 0 Å². The fraction of sp³-hybridized carbons (Fsp3) is 0.345. The molecule has 0 radical (unpaired) electrons. The van der Waals surface area contributed by atoms with Crippen LogP contribution in [-0.4, -0.2) is 56.3 Å². The molecule has 0 aliphatic heterocycles. The van der Waals surface area contributed by atoms with Crippen LogP contribution in [0.3, 0.4) is 0 Å². The number of benzene rings is 2. The van der Waals surface area contributed by atoms with Gasteiger partial charge in [-0.3, -0.25) is 14.3 Å². The fourth-order valence-electron chi connectivity index (χ4n) is 4.74. The zero-order valence-electron chi connectivity index (χ0n) is 22.9. The minimum absolute atomic E-state index is 0.0269. The maximum absolute atomic E-state index is 13.3. The van der Waals surface area contributed by atoms with Gasteiger partial charge in [-0.1, -0.05) is 24.3 Å². The fourth-order valence-corrected chi connectivity index (χ4v) is 5.12. The number of halogens is 2. The van der Waals surface area contributed by atoms with E-state index in [0.29, 0.717) is 41.9 Å². The molecule has 0 amide bonds. The Bertz CT molecular complexity index is 1650. The highest BCUT2D eigenvalue weighted by Crippen LogP contribution is 2.54. The predicted octanol–water partition coefficient (Wildman–Crippen LogP) is 5.03. The molecule has 0 aliphatic rings. The minimum atomic E-state index is -5.52. The lowest BCUT2D eigenvalue weighted by molar-refractivity contribution is -0.136. The molecule has 4 rings (SSSR count). The third kappa shape index (κ3) is 7.38. The van der Waals surface area contributed by atoms with Crippen molar-refractivity contribution in [2.24, 2.45) is 0 Å². The number of nitrogens with zero attached hydrogens (tertiary/aromatic N) is 2. The number of aliphatic carboxylic acids is 1. The molecule has 0 unspecified atom stereocenters. The van der Waals surface area contributed by atoms with E-state index >= 15 is 0 Å². The van der Waals surface area contributed by atoms with E-state index in [1.807, 2.05) is 43.3 Å². The van der Waals surface area contributed by atoms with E-state index in [1.54, 1.807) is 12.3 Å². The lowest BCUT2D eigenvalue weighted by Crippen LogP contribution is -2.20. The van der Waals surface area contributed by atoms with Crippen molar-refractivity contribution in [3.63, 3.8) is 0 Å². The molecule has 2 aromatic heterocycles. The Kier molecular flexibility index (Phi) is 9.73. The van der Waals surface area contributed by atoms with E-state index in [9.17, 15) is 23.2 Å². The van der Waals surface area contributed by atoms with Crippen molar-refractivity contribution in [1.82, 2.24) is 9.97 Å². The Morgan fingerprint density at radius 1 is 1.05 bits per heavy atom. The highest BCUT2D eigenvalue weighted by atomic mass is 31.2. The number of carboxylic acids is 1. The highest BCUT2D eigenvalue weighted by Gasteiger charge is 2.48. The third-order valence-electron chi connectivity index (χ3n) is 6.97. The van der Waals surface area contributed by atoms with Crippen LogP contribution in [0.2, 0.25) is 0 Å². The van der Waals surface area contributed by atoms with Crippen molar-refractivity contribution in [2.45, 2.75) is 44.7 Å². The molecule has 0 fully saturated rings. The molecule has 0 atom stereocenters. The van der Waals surface area contributed by atoms with Gasteiger partial charge in [0.1, 0.15) is 17.9 Å². The molecular weight excluding hydrogens is 571 g/mol. The molecule has 2 heterocycles. The largest absolute Gasteiger partial charge is 0.491 e. The summed E-state index contributed by atoms with van der Waals surface area (Å²) in [5.41, 5.74) is 7.21. The van der Waals surface area contributed by atoms with Gasteiger partial charge in [0.2, 0.25) is 0 Å². The Morgan fingerprint density at radius 2 is 1.79 bits per heavy atom. The number of pyridine rings is 2. The van der Waals surface area contributed by atoms with Gasteiger partial charge in [0.05, 0.1) is 18.7 Å². The number of anilines is 1. The van der Waals surface area contributed by atoms with E-state index < -0.39 is 32.3 Å². The molecule has 0 spiro atoms. The van der Waals surface area contributed by atoms with Crippen LogP contribution in [0.25, 0.3) is 21.8 Å². The average molecular weight is 604 g/mol. The number of nitrogen functional groups attached to an aromatic ring is 1. The molecule has 0 saturated heterocycles. The van der Waals surface area contributed by atoms with E-state index in [4.69, 9.17) is 25.0 Å². The predicted molar refractivity (Wildman–Crippen MR) is 154 cm³/mol. The van der Waals surface area contributed by atoms with E-state index in [0.717, 1.165) is 33.0 Å². The van der Waals surface area contributed by atoms with Crippen LogP contribution >= 0.6 is 7.60 Å². The summed E-state index contributed by atoms with van der Waals surface area (Å²) in [6.07, 6.45) is 2.22. The number of ether oxygens (including phenoxy) is 2. The number of fused-ring (bicyclic) bond motifs is 3. The van der Waals surface area contributed by atoms with Crippen molar-refractivity contribution in [2.75, 3.05) is 25.6 Å². The van der Waals surface area contributed by atoms with Crippen molar-refractivity contribution in [1.29, 1.82) is 0 Å². The number of rotatable bonds is 14. The Morgan fingerprint density at radius 3 is 2.50 bits per heavy atom. The number of hydrogen-bond acceptors (Lipinski definition) is 7. The first-order valence-electron chi connectivity index (χ1n) is 13.3. The summed E-state index contributed by atoms with van der Waals surface area (Å²) in [7, 11) is -5.52. The Labute approximate surface area is 240 Å². The van der Waals surface area contributed by atoms with Crippen LogP contribution in [0.15, 0.2) is 48.7 Å². The van der Waals surface area contributed by atoms with Crippen LogP contribution in [0.5, 0.6) is 5.75 Å².